The van der Waals surface area contributed by atoms with Crippen LogP contribution in [0.15, 0.2) is 35.3 Å². The van der Waals surface area contributed by atoms with Gasteiger partial charge in [-0.25, -0.2) is 4.39 Å². The van der Waals surface area contributed by atoms with E-state index in [4.69, 9.17) is 11.6 Å². The first kappa shape index (κ1) is 20.7. The van der Waals surface area contributed by atoms with Gasteiger partial charge in [-0.2, -0.15) is 26.3 Å². The zero-order valence-electron chi connectivity index (χ0n) is 12.9. The van der Waals surface area contributed by atoms with Crippen molar-refractivity contribution in [1.29, 1.82) is 0 Å². The first-order chi connectivity index (χ1) is 12.3. The van der Waals surface area contributed by atoms with E-state index in [0.717, 1.165) is 6.07 Å². The van der Waals surface area contributed by atoms with Crippen LogP contribution in [0.25, 0.3) is 0 Å². The predicted molar refractivity (Wildman–Crippen MR) is 80.7 cm³/mol. The minimum Gasteiger partial charge on any atom is -0.325 e. The number of halogens is 8. The Kier molecular flexibility index (Phi) is 5.55. The number of amides is 1. The molecule has 0 spiro atoms. The zero-order chi connectivity index (χ0) is 20.6. The maximum absolute atomic E-state index is 13.2. The molecule has 0 unspecified atom stereocenters. The monoisotopic (exact) mass is 416 g/mol. The fourth-order valence-electron chi connectivity index (χ4n) is 2.05. The molecule has 0 atom stereocenters. The van der Waals surface area contributed by atoms with E-state index in [1.165, 1.54) is 0 Å². The Morgan fingerprint density at radius 2 is 1.70 bits per heavy atom. The van der Waals surface area contributed by atoms with E-state index in [0.29, 0.717) is 29.0 Å². The summed E-state index contributed by atoms with van der Waals surface area (Å²) in [6.07, 6.45) is -9.51. The minimum atomic E-state index is -5.02. The molecule has 0 aliphatic rings. The smallest absolute Gasteiger partial charge is 0.325 e. The number of anilines is 1. The van der Waals surface area contributed by atoms with Crippen molar-refractivity contribution in [3.63, 3.8) is 0 Å². The molecule has 1 heterocycles. The van der Waals surface area contributed by atoms with Gasteiger partial charge in [-0.1, -0.05) is 11.6 Å². The van der Waals surface area contributed by atoms with Gasteiger partial charge >= 0.3 is 12.4 Å². The van der Waals surface area contributed by atoms with Crippen molar-refractivity contribution in [3.8, 4) is 0 Å². The molecule has 2 aromatic rings. The Bertz CT molecular complexity index is 935. The Hall–Kier alpha value is -2.56. The lowest BCUT2D eigenvalue weighted by molar-refractivity contribution is -0.140. The van der Waals surface area contributed by atoms with E-state index >= 15 is 0 Å². The van der Waals surface area contributed by atoms with Gasteiger partial charge in [0, 0.05) is 11.9 Å². The van der Waals surface area contributed by atoms with Crippen molar-refractivity contribution >= 4 is 23.2 Å². The van der Waals surface area contributed by atoms with E-state index in [-0.39, 0.29) is 0 Å². The first-order valence-electron chi connectivity index (χ1n) is 6.93. The molecular formula is C15H8ClF7N2O2. The van der Waals surface area contributed by atoms with Crippen molar-refractivity contribution in [2.45, 2.75) is 18.9 Å². The van der Waals surface area contributed by atoms with Gasteiger partial charge in [0.1, 0.15) is 17.4 Å². The van der Waals surface area contributed by atoms with Crippen LogP contribution in [-0.4, -0.2) is 10.5 Å². The maximum Gasteiger partial charge on any atom is 0.419 e. The summed E-state index contributed by atoms with van der Waals surface area (Å²) >= 11 is 5.43. The lowest BCUT2D eigenvalue weighted by atomic mass is 10.2. The normalized spacial score (nSPS) is 12.1. The highest BCUT2D eigenvalue weighted by Gasteiger charge is 2.34. The molecule has 27 heavy (non-hydrogen) atoms. The number of pyridine rings is 1. The molecule has 4 nitrogen and oxygen atoms in total. The highest BCUT2D eigenvalue weighted by Crippen LogP contribution is 2.33. The molecule has 2 rings (SSSR count). The Labute approximate surface area is 151 Å². The number of rotatable bonds is 3. The Morgan fingerprint density at radius 1 is 1.07 bits per heavy atom. The number of hydrogen-bond acceptors (Lipinski definition) is 2. The average Bonchev–Trinajstić information content (AvgIpc) is 2.51. The number of benzene rings is 1. The summed E-state index contributed by atoms with van der Waals surface area (Å²) < 4.78 is 89.7. The number of carbonyl (C=O) groups is 1. The highest BCUT2D eigenvalue weighted by molar-refractivity contribution is 6.30. The first-order valence-corrected chi connectivity index (χ1v) is 7.30. The van der Waals surface area contributed by atoms with Gasteiger partial charge in [0.2, 0.25) is 5.91 Å². The van der Waals surface area contributed by atoms with E-state index < -0.39 is 58.0 Å². The Morgan fingerprint density at radius 3 is 2.26 bits per heavy atom. The summed E-state index contributed by atoms with van der Waals surface area (Å²) in [6.45, 7) is -0.957. The van der Waals surface area contributed by atoms with Crippen LogP contribution in [0.5, 0.6) is 0 Å². The summed E-state index contributed by atoms with van der Waals surface area (Å²) in [6, 6.07) is 1.99. The van der Waals surface area contributed by atoms with Crippen molar-refractivity contribution in [2.24, 2.45) is 0 Å². The molecule has 1 aromatic heterocycles. The van der Waals surface area contributed by atoms with Gasteiger partial charge in [0.05, 0.1) is 11.1 Å². The molecule has 146 valence electrons. The molecule has 0 saturated heterocycles. The molecule has 0 fully saturated rings. The van der Waals surface area contributed by atoms with Crippen molar-refractivity contribution in [3.05, 3.63) is 62.8 Å². The highest BCUT2D eigenvalue weighted by atomic mass is 35.5. The number of carbonyl (C=O) groups excluding carboxylic acids is 1. The quantitative estimate of drug-likeness (QED) is 0.758. The van der Waals surface area contributed by atoms with Gasteiger partial charge in [0.15, 0.2) is 0 Å². The van der Waals surface area contributed by atoms with Gasteiger partial charge in [-0.3, -0.25) is 9.59 Å². The van der Waals surface area contributed by atoms with Crippen LogP contribution in [0, 0.1) is 5.82 Å². The SMILES string of the molecule is O=C(Cn1cc(C(F)(F)F)cc(Cl)c1=O)Nc1ccc(F)c(C(F)(F)F)c1. The third kappa shape index (κ3) is 5.00. The average molecular weight is 417 g/mol. The molecule has 1 N–H and O–H groups in total. The van der Waals surface area contributed by atoms with Crippen molar-refractivity contribution < 1.29 is 35.5 Å². The van der Waals surface area contributed by atoms with Crippen LogP contribution in [0.1, 0.15) is 11.1 Å². The van der Waals surface area contributed by atoms with Crippen LogP contribution < -0.4 is 10.9 Å². The predicted octanol–water partition coefficient (Wildman–Crippen LogP) is 4.32. The third-order valence-electron chi connectivity index (χ3n) is 3.24. The summed E-state index contributed by atoms with van der Waals surface area (Å²) in [5, 5.41) is 1.15. The summed E-state index contributed by atoms with van der Waals surface area (Å²) in [5.74, 6) is -2.69. The lowest BCUT2D eigenvalue weighted by Gasteiger charge is -2.13. The number of nitrogens with one attached hydrogen (secondary N) is 1. The fourth-order valence-corrected chi connectivity index (χ4v) is 2.27. The second-order valence-electron chi connectivity index (χ2n) is 5.25. The number of nitrogens with zero attached hydrogens (tertiary/aromatic N) is 1. The second kappa shape index (κ2) is 7.22. The zero-order valence-corrected chi connectivity index (χ0v) is 13.6. The van der Waals surface area contributed by atoms with Gasteiger partial charge in [0.25, 0.3) is 5.56 Å². The molecule has 0 aliphatic heterocycles. The minimum absolute atomic E-state index is 0.315. The number of aromatic nitrogens is 1. The lowest BCUT2D eigenvalue weighted by Crippen LogP contribution is -2.29. The molecule has 0 bridgehead atoms. The Balaban J connectivity index is 2.27. The van der Waals surface area contributed by atoms with Crippen molar-refractivity contribution in [2.75, 3.05) is 5.32 Å². The van der Waals surface area contributed by atoms with E-state index in [1.54, 1.807) is 0 Å². The summed E-state index contributed by atoms with van der Waals surface area (Å²) in [5.41, 5.74) is -4.49. The topological polar surface area (TPSA) is 51.1 Å². The van der Waals surface area contributed by atoms with Crippen LogP contribution in [-0.2, 0) is 23.7 Å². The van der Waals surface area contributed by atoms with Gasteiger partial charge in [-0.15, -0.1) is 0 Å². The van der Waals surface area contributed by atoms with Gasteiger partial charge in [-0.05, 0) is 24.3 Å². The van der Waals surface area contributed by atoms with Crippen LogP contribution in [0.2, 0.25) is 5.02 Å². The van der Waals surface area contributed by atoms with E-state index in [1.807, 2.05) is 5.32 Å². The fraction of sp³-hybridized carbons (Fsp3) is 0.200. The molecule has 0 aliphatic carbocycles. The standard InChI is InChI=1S/C15H8ClF7N2O2/c16-10-3-7(14(18,19)20)5-25(13(10)27)6-12(26)24-8-1-2-11(17)9(4-8)15(21,22)23/h1-5H,6H2,(H,24,26). The largest absolute Gasteiger partial charge is 0.419 e. The number of hydrogen-bond donors (Lipinski definition) is 1. The van der Waals surface area contributed by atoms with Crippen LogP contribution in [0.4, 0.5) is 36.4 Å². The maximum atomic E-state index is 13.2. The molecule has 12 heteroatoms. The van der Waals surface area contributed by atoms with E-state index in [9.17, 15) is 40.3 Å². The number of alkyl halides is 6. The van der Waals surface area contributed by atoms with Crippen LogP contribution >= 0.6 is 11.6 Å². The molecule has 1 aromatic carbocycles. The van der Waals surface area contributed by atoms with Crippen LogP contribution in [0.3, 0.4) is 0 Å². The molecule has 0 saturated carbocycles. The molecule has 0 radical (unpaired) electrons. The summed E-state index contributed by atoms with van der Waals surface area (Å²) in [4.78, 5) is 23.6. The third-order valence-corrected chi connectivity index (χ3v) is 3.51. The second-order valence-corrected chi connectivity index (χ2v) is 5.66. The van der Waals surface area contributed by atoms with E-state index in [2.05, 4.69) is 0 Å². The molecular weight excluding hydrogens is 409 g/mol. The summed E-state index contributed by atoms with van der Waals surface area (Å²) in [7, 11) is 0. The van der Waals surface area contributed by atoms with Crippen molar-refractivity contribution in [1.82, 2.24) is 4.57 Å². The van der Waals surface area contributed by atoms with Gasteiger partial charge < -0.3 is 9.88 Å². The molecule has 1 amide bonds.